The first-order valence-electron chi connectivity index (χ1n) is 5.48. The number of aliphatic hydroxyl groups is 1. The maximum atomic E-state index is 9.03. The van der Waals surface area contributed by atoms with Crippen LogP contribution in [-0.4, -0.2) is 10.9 Å². The van der Waals surface area contributed by atoms with Crippen molar-refractivity contribution in [2.75, 3.05) is 5.75 Å². The van der Waals surface area contributed by atoms with E-state index in [2.05, 4.69) is 12.1 Å². The lowest BCUT2D eigenvalue weighted by atomic mass is 10.1. The molecular formula is C13H15NOS. The zero-order valence-corrected chi connectivity index (χ0v) is 9.96. The van der Waals surface area contributed by atoms with E-state index >= 15 is 0 Å². The molecule has 0 saturated heterocycles. The van der Waals surface area contributed by atoms with E-state index in [0.29, 0.717) is 6.42 Å². The normalized spacial score (nSPS) is 16.8. The van der Waals surface area contributed by atoms with Crippen molar-refractivity contribution in [3.63, 3.8) is 0 Å². The molecule has 0 radical (unpaired) electrons. The Balaban J connectivity index is 1.92. The second-order valence-electron chi connectivity index (χ2n) is 4.43. The molecule has 0 heterocycles. The minimum absolute atomic E-state index is 0.0950. The molecule has 0 aromatic heterocycles. The molecular weight excluding hydrogens is 218 g/mol. The van der Waals surface area contributed by atoms with Crippen molar-refractivity contribution in [2.24, 2.45) is 5.41 Å². The minimum atomic E-state index is 0.0950. The van der Waals surface area contributed by atoms with Gasteiger partial charge in [-0.15, -0.1) is 11.8 Å². The highest BCUT2D eigenvalue weighted by Crippen LogP contribution is 2.51. The molecule has 1 N–H and O–H groups in total. The Morgan fingerprint density at radius 3 is 2.88 bits per heavy atom. The Kier molecular flexibility index (Phi) is 3.52. The molecule has 1 aliphatic carbocycles. The Bertz CT molecular complexity index is 407. The third-order valence-electron chi connectivity index (χ3n) is 3.04. The summed E-state index contributed by atoms with van der Waals surface area (Å²) < 4.78 is 0. The lowest BCUT2D eigenvalue weighted by molar-refractivity contribution is 0.281. The number of thioether (sulfide) groups is 1. The Hall–Kier alpha value is -0.980. The van der Waals surface area contributed by atoms with E-state index < -0.39 is 0 Å². The summed E-state index contributed by atoms with van der Waals surface area (Å²) in [7, 11) is 0. The van der Waals surface area contributed by atoms with Crippen LogP contribution in [0.2, 0.25) is 0 Å². The van der Waals surface area contributed by atoms with E-state index in [4.69, 9.17) is 10.4 Å². The predicted molar refractivity (Wildman–Crippen MR) is 65.0 cm³/mol. The van der Waals surface area contributed by atoms with Gasteiger partial charge in [0.05, 0.1) is 12.7 Å². The zero-order valence-electron chi connectivity index (χ0n) is 9.15. The van der Waals surface area contributed by atoms with Crippen molar-refractivity contribution in [3.8, 4) is 6.07 Å². The maximum Gasteiger partial charge on any atom is 0.0682 e. The van der Waals surface area contributed by atoms with Crippen molar-refractivity contribution < 1.29 is 5.11 Å². The molecule has 1 fully saturated rings. The third-order valence-corrected chi connectivity index (χ3v) is 4.38. The van der Waals surface area contributed by atoms with Crippen LogP contribution < -0.4 is 0 Å². The fraction of sp³-hybridized carbons (Fsp3) is 0.462. The van der Waals surface area contributed by atoms with Gasteiger partial charge in [-0.3, -0.25) is 0 Å². The smallest absolute Gasteiger partial charge is 0.0682 e. The van der Waals surface area contributed by atoms with Crippen LogP contribution in [0.1, 0.15) is 24.8 Å². The maximum absolute atomic E-state index is 9.03. The van der Waals surface area contributed by atoms with Crippen molar-refractivity contribution in [3.05, 3.63) is 29.8 Å². The highest BCUT2D eigenvalue weighted by atomic mass is 32.2. The molecule has 0 unspecified atom stereocenters. The molecule has 0 aliphatic heterocycles. The highest BCUT2D eigenvalue weighted by molar-refractivity contribution is 7.99. The van der Waals surface area contributed by atoms with E-state index in [9.17, 15) is 0 Å². The van der Waals surface area contributed by atoms with Gasteiger partial charge in [-0.1, -0.05) is 12.1 Å². The summed E-state index contributed by atoms with van der Waals surface area (Å²) in [6.45, 7) is 0.0950. The molecule has 0 amide bonds. The van der Waals surface area contributed by atoms with E-state index in [-0.39, 0.29) is 12.0 Å². The zero-order chi connectivity index (χ0) is 11.4. The molecule has 1 aromatic rings. The molecule has 3 heteroatoms. The highest BCUT2D eigenvalue weighted by Gasteiger charge is 2.42. The van der Waals surface area contributed by atoms with Gasteiger partial charge in [-0.25, -0.2) is 0 Å². The molecule has 1 aromatic carbocycles. The van der Waals surface area contributed by atoms with E-state index in [1.807, 2.05) is 18.2 Å². The summed E-state index contributed by atoms with van der Waals surface area (Å²) >= 11 is 1.80. The van der Waals surface area contributed by atoms with Gasteiger partial charge in [-0.2, -0.15) is 5.26 Å². The van der Waals surface area contributed by atoms with Gasteiger partial charge in [0.2, 0.25) is 0 Å². The van der Waals surface area contributed by atoms with Gasteiger partial charge < -0.3 is 5.11 Å². The fourth-order valence-electron chi connectivity index (χ4n) is 1.69. The van der Waals surface area contributed by atoms with Crippen LogP contribution >= 0.6 is 11.8 Å². The number of benzene rings is 1. The van der Waals surface area contributed by atoms with Crippen LogP contribution in [-0.2, 0) is 6.61 Å². The van der Waals surface area contributed by atoms with Crippen LogP contribution in [0.25, 0.3) is 0 Å². The number of nitrogens with zero attached hydrogens (tertiary/aromatic N) is 1. The summed E-state index contributed by atoms with van der Waals surface area (Å²) in [5, 5.41) is 17.8. The third kappa shape index (κ3) is 2.78. The van der Waals surface area contributed by atoms with Crippen molar-refractivity contribution in [2.45, 2.75) is 30.8 Å². The van der Waals surface area contributed by atoms with Crippen LogP contribution in [0.15, 0.2) is 29.2 Å². The van der Waals surface area contributed by atoms with Crippen molar-refractivity contribution in [1.82, 2.24) is 0 Å². The molecule has 84 valence electrons. The van der Waals surface area contributed by atoms with E-state index in [1.54, 1.807) is 11.8 Å². The van der Waals surface area contributed by atoms with E-state index in [0.717, 1.165) is 11.3 Å². The fourth-order valence-corrected chi connectivity index (χ4v) is 2.96. The van der Waals surface area contributed by atoms with Gasteiger partial charge in [0.15, 0.2) is 0 Å². The average Bonchev–Trinajstić information content (AvgIpc) is 3.08. The number of hydrogen-bond acceptors (Lipinski definition) is 3. The average molecular weight is 233 g/mol. The molecule has 2 rings (SSSR count). The number of aliphatic hydroxyl groups excluding tert-OH is 1. The lowest BCUT2D eigenvalue weighted by Crippen LogP contribution is -2.02. The molecule has 1 saturated carbocycles. The first-order valence-corrected chi connectivity index (χ1v) is 6.46. The van der Waals surface area contributed by atoms with Gasteiger partial charge >= 0.3 is 0 Å². The Labute approximate surface area is 100 Å². The standard InChI is InChI=1S/C13H15NOS/c14-7-6-13(4-5-13)10-16-12-3-1-2-11(8-12)9-15/h1-3,8,15H,4-6,9-10H2. The van der Waals surface area contributed by atoms with Gasteiger partial charge in [0.25, 0.3) is 0 Å². The van der Waals surface area contributed by atoms with Crippen LogP contribution in [0.4, 0.5) is 0 Å². The first-order chi connectivity index (χ1) is 7.78. The summed E-state index contributed by atoms with van der Waals surface area (Å²) in [5.41, 5.74) is 1.24. The monoisotopic (exact) mass is 233 g/mol. The quantitative estimate of drug-likeness (QED) is 0.795. The summed E-state index contributed by atoms with van der Waals surface area (Å²) in [6.07, 6.45) is 3.06. The number of hydrogen-bond donors (Lipinski definition) is 1. The summed E-state index contributed by atoms with van der Waals surface area (Å²) in [4.78, 5) is 1.19. The van der Waals surface area contributed by atoms with Crippen LogP contribution in [0.3, 0.4) is 0 Å². The summed E-state index contributed by atoms with van der Waals surface area (Å²) in [6, 6.07) is 10.3. The molecule has 1 aliphatic rings. The van der Waals surface area contributed by atoms with E-state index in [1.165, 1.54) is 17.7 Å². The van der Waals surface area contributed by atoms with Gasteiger partial charge in [-0.05, 0) is 36.0 Å². The van der Waals surface area contributed by atoms with Crippen molar-refractivity contribution >= 4 is 11.8 Å². The Morgan fingerprint density at radius 1 is 1.44 bits per heavy atom. The first kappa shape index (κ1) is 11.5. The molecule has 0 bridgehead atoms. The van der Waals surface area contributed by atoms with Gasteiger partial charge in [0.1, 0.15) is 0 Å². The molecule has 2 nitrogen and oxygen atoms in total. The predicted octanol–water partition coefficient (Wildman–Crippen LogP) is 2.96. The van der Waals surface area contributed by atoms with Crippen LogP contribution in [0, 0.1) is 16.7 Å². The van der Waals surface area contributed by atoms with Crippen molar-refractivity contribution in [1.29, 1.82) is 5.26 Å². The largest absolute Gasteiger partial charge is 0.392 e. The second-order valence-corrected chi connectivity index (χ2v) is 5.48. The van der Waals surface area contributed by atoms with Crippen LogP contribution in [0.5, 0.6) is 0 Å². The minimum Gasteiger partial charge on any atom is -0.392 e. The molecule has 0 atom stereocenters. The topological polar surface area (TPSA) is 44.0 Å². The molecule has 16 heavy (non-hydrogen) atoms. The number of nitriles is 1. The second kappa shape index (κ2) is 4.90. The molecule has 0 spiro atoms. The Morgan fingerprint density at radius 2 is 2.25 bits per heavy atom. The summed E-state index contributed by atoms with van der Waals surface area (Å²) in [5.74, 6) is 1.02. The SMILES string of the molecule is N#CCC1(CSc2cccc(CO)c2)CC1. The lowest BCUT2D eigenvalue weighted by Gasteiger charge is -2.10. The van der Waals surface area contributed by atoms with Gasteiger partial charge in [0, 0.05) is 17.1 Å². The number of rotatable bonds is 5.